The number of hydrogen-bond acceptors (Lipinski definition) is 10. The Balaban J connectivity index is 1.91. The number of nitrogens with one attached hydrogen (secondary N) is 2. The number of halogens is 3. The maximum absolute atomic E-state index is 12.3. The summed E-state index contributed by atoms with van der Waals surface area (Å²) in [5.74, 6) is -2.10. The molecule has 10 nitrogen and oxygen atoms in total. The molecule has 2 aromatic carbocycles. The smallest absolute Gasteiger partial charge is 0.459 e. The average Bonchev–Trinajstić information content (AvgIpc) is 3.37. The first-order valence-electron chi connectivity index (χ1n) is 28.5. The van der Waals surface area contributed by atoms with Gasteiger partial charge < -0.3 is 46.9 Å². The average molecular weight is 1010 g/mol. The summed E-state index contributed by atoms with van der Waals surface area (Å²) in [4.78, 5) is 16.0. The Morgan fingerprint density at radius 3 is 1.13 bits per heavy atom. The Morgan fingerprint density at radius 1 is 0.507 bits per heavy atom. The van der Waals surface area contributed by atoms with E-state index >= 15 is 0 Å². The summed E-state index contributed by atoms with van der Waals surface area (Å²) in [6.45, 7) is 9.03. The van der Waals surface area contributed by atoms with Crippen LogP contribution in [0.2, 0.25) is 0 Å². The summed E-state index contributed by atoms with van der Waals surface area (Å²) in [6, 6.07) is 20.7. The van der Waals surface area contributed by atoms with Crippen molar-refractivity contribution in [1.82, 2.24) is 20.4 Å². The van der Waals surface area contributed by atoms with Gasteiger partial charge in [-0.15, -0.1) is 0 Å². The molecule has 71 heavy (non-hydrogen) atoms. The highest BCUT2D eigenvalue weighted by Gasteiger charge is 2.40. The normalized spacial score (nSPS) is 13.8. The molecule has 0 amide bonds. The van der Waals surface area contributed by atoms with Crippen LogP contribution in [0.4, 0.5) is 13.2 Å². The minimum Gasteiger partial charge on any atom is -0.459 e. The first-order chi connectivity index (χ1) is 34.6. The van der Waals surface area contributed by atoms with Gasteiger partial charge in [0.1, 0.15) is 0 Å². The van der Waals surface area contributed by atoms with Crippen LogP contribution < -0.4 is 22.1 Å². The molecule has 0 heterocycles. The number of hydrogen-bond donors (Lipinski definition) is 6. The van der Waals surface area contributed by atoms with Crippen molar-refractivity contribution in [2.45, 2.75) is 217 Å². The van der Waals surface area contributed by atoms with E-state index in [1.165, 1.54) is 127 Å². The fraction of sp³-hybridized carbons (Fsp3) is 0.776. The van der Waals surface area contributed by atoms with Crippen molar-refractivity contribution in [2.24, 2.45) is 11.5 Å². The number of nitrogens with zero attached hydrogens (tertiary/aromatic N) is 2. The van der Waals surface area contributed by atoms with E-state index in [2.05, 4.69) is 68.5 Å². The van der Waals surface area contributed by atoms with E-state index in [9.17, 15) is 28.2 Å². The lowest BCUT2D eigenvalue weighted by Crippen LogP contribution is -2.52. The zero-order chi connectivity index (χ0) is 51.5. The van der Waals surface area contributed by atoms with Crippen LogP contribution in [0.1, 0.15) is 185 Å². The van der Waals surface area contributed by atoms with Crippen LogP contribution >= 0.6 is 0 Å². The largest absolute Gasteiger partial charge is 0.490 e. The molecular weight excluding hydrogens is 902 g/mol. The highest BCUT2D eigenvalue weighted by molar-refractivity contribution is 5.75. The number of ether oxygens (including phenoxy) is 1. The summed E-state index contributed by atoms with van der Waals surface area (Å²) in [6.07, 6.45) is 27.4. The molecule has 2 aromatic rings. The highest BCUT2D eigenvalue weighted by atomic mass is 19.4. The molecule has 2 rings (SSSR count). The molecule has 13 heteroatoms. The number of benzene rings is 2. The van der Waals surface area contributed by atoms with E-state index in [-0.39, 0.29) is 44.0 Å². The number of aliphatic hydroxyl groups is 2. The van der Waals surface area contributed by atoms with Crippen LogP contribution in [0.25, 0.3) is 0 Å². The predicted molar refractivity (Wildman–Crippen MR) is 290 cm³/mol. The number of unbranched alkanes of at least 4 members (excludes halogenated alkanes) is 23. The predicted octanol–water partition coefficient (Wildman–Crippen LogP) is 10.9. The molecule has 0 aliphatic heterocycles. The van der Waals surface area contributed by atoms with Gasteiger partial charge in [0.2, 0.25) is 0 Å². The third kappa shape index (κ3) is 35.3. The van der Waals surface area contributed by atoms with E-state index in [1.54, 1.807) is 0 Å². The van der Waals surface area contributed by atoms with Crippen molar-refractivity contribution in [3.63, 3.8) is 0 Å². The first kappa shape index (κ1) is 64.5. The van der Waals surface area contributed by atoms with Gasteiger partial charge in [0.15, 0.2) is 0 Å². The zero-order valence-electron chi connectivity index (χ0n) is 44.6. The summed E-state index contributed by atoms with van der Waals surface area (Å²) in [5.41, 5.74) is 15.3. The summed E-state index contributed by atoms with van der Waals surface area (Å²) in [7, 11) is 0. The number of nitrogens with two attached hydrogens (primary N) is 2. The molecule has 0 bridgehead atoms. The second-order valence-electron chi connectivity index (χ2n) is 20.4. The molecule has 8 N–H and O–H groups in total. The molecule has 0 saturated heterocycles. The molecule has 4 atom stereocenters. The van der Waals surface area contributed by atoms with Gasteiger partial charge in [-0.2, -0.15) is 13.2 Å². The summed E-state index contributed by atoms with van der Waals surface area (Å²) < 4.78 is 41.1. The standard InChI is InChI=1S/C58H103F3N6O4/c1-2-3-4-5-6-7-8-11-14-17-20-29-38-66(47-55(45-62)64-53(49-68)43-51-34-25-23-26-35-51)40-31-32-41-67(48-56(46-63)65-54(50-69)44-52-36-27-24-28-37-52)39-30-21-18-15-12-9-10-13-16-19-22-33-42-71-57(70)58(59,60)61/h23-28,34-37,53-56,64-65,68-69H,2-22,29-33,38-50,62-63H2,1H3. The third-order valence-corrected chi connectivity index (χ3v) is 13.9. The van der Waals surface area contributed by atoms with Gasteiger partial charge in [-0.3, -0.25) is 0 Å². The van der Waals surface area contributed by atoms with Crippen molar-refractivity contribution in [3.05, 3.63) is 71.8 Å². The van der Waals surface area contributed by atoms with Gasteiger partial charge in [0, 0.05) is 50.3 Å². The van der Waals surface area contributed by atoms with Crippen molar-refractivity contribution in [3.8, 4) is 0 Å². The van der Waals surface area contributed by atoms with Crippen LogP contribution in [0.5, 0.6) is 0 Å². The molecular formula is C58H103F3N6O4. The number of aliphatic hydroxyl groups excluding tert-OH is 2. The van der Waals surface area contributed by atoms with Gasteiger partial charge in [-0.25, -0.2) is 4.79 Å². The lowest BCUT2D eigenvalue weighted by Gasteiger charge is -2.32. The maximum atomic E-state index is 12.3. The Morgan fingerprint density at radius 2 is 0.817 bits per heavy atom. The Kier molecular flexibility index (Phi) is 39.7. The lowest BCUT2D eigenvalue weighted by molar-refractivity contribution is -0.199. The number of esters is 1. The number of rotatable bonds is 49. The molecule has 4 unspecified atom stereocenters. The van der Waals surface area contributed by atoms with Gasteiger partial charge in [0.05, 0.1) is 19.8 Å². The van der Waals surface area contributed by atoms with Gasteiger partial charge in [-0.05, 0) is 82.3 Å². The third-order valence-electron chi connectivity index (χ3n) is 13.9. The van der Waals surface area contributed by atoms with E-state index in [4.69, 9.17) is 11.5 Å². The molecule has 0 radical (unpaired) electrons. The first-order valence-corrected chi connectivity index (χ1v) is 28.5. The Bertz CT molecular complexity index is 1480. The van der Waals surface area contributed by atoms with Crippen LogP contribution in [-0.4, -0.2) is 129 Å². The molecule has 0 aromatic heterocycles. The molecule has 410 valence electrons. The fourth-order valence-corrected chi connectivity index (χ4v) is 9.72. The topological polar surface area (TPSA) is 149 Å². The quantitative estimate of drug-likeness (QED) is 0.0279. The van der Waals surface area contributed by atoms with Crippen LogP contribution in [0.3, 0.4) is 0 Å². The van der Waals surface area contributed by atoms with E-state index in [0.717, 1.165) is 97.1 Å². The number of carbonyl (C=O) groups excluding carboxylic acids is 1. The molecule has 0 spiro atoms. The minimum absolute atomic E-state index is 0.0496. The van der Waals surface area contributed by atoms with Gasteiger partial charge >= 0.3 is 12.1 Å². The van der Waals surface area contributed by atoms with Gasteiger partial charge in [0.25, 0.3) is 0 Å². The van der Waals surface area contributed by atoms with E-state index < -0.39 is 12.1 Å². The number of alkyl halides is 3. The van der Waals surface area contributed by atoms with E-state index in [1.807, 2.05) is 24.3 Å². The molecule has 0 aliphatic rings. The van der Waals surface area contributed by atoms with Crippen molar-refractivity contribution < 1.29 is 32.9 Å². The monoisotopic (exact) mass is 1000 g/mol. The second kappa shape index (κ2) is 43.7. The number of carbonyl (C=O) groups is 1. The summed E-state index contributed by atoms with van der Waals surface area (Å²) >= 11 is 0. The molecule has 0 fully saturated rings. The lowest BCUT2D eigenvalue weighted by atomic mass is 10.0. The maximum Gasteiger partial charge on any atom is 0.490 e. The van der Waals surface area contributed by atoms with Crippen LogP contribution in [-0.2, 0) is 22.4 Å². The zero-order valence-corrected chi connectivity index (χ0v) is 44.6. The SMILES string of the molecule is CCCCCCCCCCCCCCN(CCCCN(CCCCCCCCCCCCCCOC(=O)C(F)(F)F)CC(CN)NC(CO)Cc1ccccc1)CC(CN)NC(CO)Cc1ccccc1. The Labute approximate surface area is 430 Å². The molecule has 0 saturated carbocycles. The second-order valence-corrected chi connectivity index (χ2v) is 20.4. The van der Waals surface area contributed by atoms with Crippen molar-refractivity contribution >= 4 is 5.97 Å². The fourth-order valence-electron chi connectivity index (χ4n) is 9.72. The minimum atomic E-state index is -4.92. The van der Waals surface area contributed by atoms with E-state index in [0.29, 0.717) is 19.5 Å². The summed E-state index contributed by atoms with van der Waals surface area (Å²) in [5, 5.41) is 28.1. The van der Waals surface area contributed by atoms with Gasteiger partial charge in [-0.1, -0.05) is 202 Å². The highest BCUT2D eigenvalue weighted by Crippen LogP contribution is 2.18. The van der Waals surface area contributed by atoms with Crippen LogP contribution in [0, 0.1) is 0 Å². The van der Waals surface area contributed by atoms with Crippen molar-refractivity contribution in [1.29, 1.82) is 0 Å². The Hall–Kier alpha value is -2.62. The molecule has 0 aliphatic carbocycles. The van der Waals surface area contributed by atoms with Crippen LogP contribution in [0.15, 0.2) is 60.7 Å². The van der Waals surface area contributed by atoms with Crippen molar-refractivity contribution in [2.75, 3.05) is 72.2 Å².